The van der Waals surface area contributed by atoms with Crippen LogP contribution in [0.3, 0.4) is 0 Å². The van der Waals surface area contributed by atoms with Crippen molar-refractivity contribution in [2.45, 2.75) is 45.6 Å². The number of aryl methyl sites for hydroxylation is 2. The second kappa shape index (κ2) is 9.38. The number of unbranched alkanes of at least 4 members (excludes halogenated alkanes) is 1. The Balaban J connectivity index is 1.43. The van der Waals surface area contributed by atoms with Crippen molar-refractivity contribution < 1.29 is 9.53 Å². The maximum Gasteiger partial charge on any atom is 0.223 e. The molecule has 5 heteroatoms. The van der Waals surface area contributed by atoms with E-state index in [2.05, 4.69) is 49.3 Å². The van der Waals surface area contributed by atoms with Crippen molar-refractivity contribution in [2.24, 2.45) is 0 Å². The van der Waals surface area contributed by atoms with Gasteiger partial charge in [-0.3, -0.25) is 4.79 Å². The molecule has 0 radical (unpaired) electrons. The highest BCUT2D eigenvalue weighted by Crippen LogP contribution is 2.30. The van der Waals surface area contributed by atoms with Crippen LogP contribution in [0.5, 0.6) is 5.75 Å². The molecular formula is C26H31N3O2. The van der Waals surface area contributed by atoms with Crippen molar-refractivity contribution in [3.8, 4) is 5.75 Å². The van der Waals surface area contributed by atoms with E-state index in [9.17, 15) is 4.79 Å². The zero-order chi connectivity index (χ0) is 21.8. The molecule has 162 valence electrons. The highest BCUT2D eigenvalue weighted by Gasteiger charge is 2.33. The van der Waals surface area contributed by atoms with Crippen molar-refractivity contribution in [3.63, 3.8) is 0 Å². The van der Waals surface area contributed by atoms with Crippen molar-refractivity contribution in [3.05, 3.63) is 72.1 Å². The number of imidazole rings is 1. The van der Waals surface area contributed by atoms with Gasteiger partial charge in [-0.15, -0.1) is 6.58 Å². The van der Waals surface area contributed by atoms with Crippen LogP contribution < -0.4 is 4.74 Å². The number of nitrogens with zero attached hydrogens (tertiary/aromatic N) is 3. The third-order valence-corrected chi connectivity index (χ3v) is 6.20. The number of ether oxygens (including phenoxy) is 1. The summed E-state index contributed by atoms with van der Waals surface area (Å²) in [6.45, 7) is 10.9. The Hall–Kier alpha value is -3.08. The van der Waals surface area contributed by atoms with Gasteiger partial charge < -0.3 is 14.2 Å². The summed E-state index contributed by atoms with van der Waals surface area (Å²) < 4.78 is 8.33. The monoisotopic (exact) mass is 417 g/mol. The lowest BCUT2D eigenvalue weighted by Crippen LogP contribution is -2.25. The van der Waals surface area contributed by atoms with Gasteiger partial charge in [-0.25, -0.2) is 4.98 Å². The summed E-state index contributed by atoms with van der Waals surface area (Å²) in [5.74, 6) is 2.31. The van der Waals surface area contributed by atoms with Crippen LogP contribution in [0.4, 0.5) is 0 Å². The van der Waals surface area contributed by atoms with E-state index in [1.165, 1.54) is 11.1 Å². The molecule has 0 N–H and O–H groups in total. The molecule has 3 aromatic rings. The molecule has 5 nitrogen and oxygen atoms in total. The predicted octanol–water partition coefficient (Wildman–Crippen LogP) is 5.01. The Labute approximate surface area is 184 Å². The molecule has 1 aromatic heterocycles. The topological polar surface area (TPSA) is 47.4 Å². The molecule has 31 heavy (non-hydrogen) atoms. The van der Waals surface area contributed by atoms with E-state index in [-0.39, 0.29) is 11.8 Å². The van der Waals surface area contributed by atoms with Gasteiger partial charge in [0.05, 0.1) is 17.6 Å². The van der Waals surface area contributed by atoms with Crippen LogP contribution in [0.2, 0.25) is 0 Å². The summed E-state index contributed by atoms with van der Waals surface area (Å²) in [4.78, 5) is 19.2. The number of para-hydroxylation sites is 2. The van der Waals surface area contributed by atoms with Gasteiger partial charge in [0, 0.05) is 32.0 Å². The Kier molecular flexibility index (Phi) is 6.40. The summed E-state index contributed by atoms with van der Waals surface area (Å²) in [6, 6.07) is 14.4. The lowest BCUT2D eigenvalue weighted by Gasteiger charge is -2.16. The number of benzene rings is 2. The van der Waals surface area contributed by atoms with E-state index >= 15 is 0 Å². The van der Waals surface area contributed by atoms with E-state index in [4.69, 9.17) is 9.72 Å². The van der Waals surface area contributed by atoms with Crippen LogP contribution in [0.25, 0.3) is 11.0 Å². The van der Waals surface area contributed by atoms with Crippen molar-refractivity contribution in [2.75, 3.05) is 19.7 Å². The quantitative estimate of drug-likeness (QED) is 0.363. The maximum absolute atomic E-state index is 12.4. The highest BCUT2D eigenvalue weighted by atomic mass is 16.5. The molecule has 1 amide bonds. The van der Waals surface area contributed by atoms with Crippen LogP contribution in [0, 0.1) is 13.8 Å². The van der Waals surface area contributed by atoms with Gasteiger partial charge in [0.15, 0.2) is 0 Å². The SMILES string of the molecule is C=CCN1CC(c2nc3ccccc3n2CCCCOc2cccc(C)c2C)CC1=O. The number of carbonyl (C=O) groups is 1. The number of aromatic nitrogens is 2. The predicted molar refractivity (Wildman–Crippen MR) is 125 cm³/mol. The normalized spacial score (nSPS) is 16.3. The summed E-state index contributed by atoms with van der Waals surface area (Å²) in [6.07, 6.45) is 4.27. The Morgan fingerprint density at radius 2 is 2.00 bits per heavy atom. The van der Waals surface area contributed by atoms with Gasteiger partial charge in [0.25, 0.3) is 0 Å². The Morgan fingerprint density at radius 3 is 2.84 bits per heavy atom. The number of hydrogen-bond acceptors (Lipinski definition) is 3. The lowest BCUT2D eigenvalue weighted by atomic mass is 10.1. The Bertz CT molecular complexity index is 1090. The molecule has 1 fully saturated rings. The standard InChI is InChI=1S/C26H31N3O2/c1-4-14-28-18-21(17-25(28)30)26-27-22-11-5-6-12-23(22)29(26)15-7-8-16-31-24-13-9-10-19(2)20(24)3/h4-6,9-13,21H,1,7-8,14-18H2,2-3H3. The van der Waals surface area contributed by atoms with E-state index < -0.39 is 0 Å². The summed E-state index contributed by atoms with van der Waals surface area (Å²) in [7, 11) is 0. The number of hydrogen-bond donors (Lipinski definition) is 0. The minimum atomic E-state index is 0.131. The van der Waals surface area contributed by atoms with Crippen molar-refractivity contribution >= 4 is 16.9 Å². The minimum Gasteiger partial charge on any atom is -0.493 e. The molecule has 1 unspecified atom stereocenters. The first-order valence-corrected chi connectivity index (χ1v) is 11.1. The fourth-order valence-corrected chi connectivity index (χ4v) is 4.35. The fraction of sp³-hybridized carbons (Fsp3) is 0.385. The maximum atomic E-state index is 12.4. The van der Waals surface area contributed by atoms with Crippen LogP contribution in [0.1, 0.15) is 42.1 Å². The van der Waals surface area contributed by atoms with Crippen LogP contribution in [-0.2, 0) is 11.3 Å². The highest BCUT2D eigenvalue weighted by molar-refractivity contribution is 5.81. The number of likely N-dealkylation sites (tertiary alicyclic amines) is 1. The van der Waals surface area contributed by atoms with Crippen molar-refractivity contribution in [1.82, 2.24) is 14.5 Å². The van der Waals surface area contributed by atoms with Crippen LogP contribution in [-0.4, -0.2) is 40.1 Å². The van der Waals surface area contributed by atoms with E-state index in [0.717, 1.165) is 42.0 Å². The van der Waals surface area contributed by atoms with Gasteiger partial charge in [0.2, 0.25) is 5.91 Å². The van der Waals surface area contributed by atoms with E-state index in [1.54, 1.807) is 6.08 Å². The lowest BCUT2D eigenvalue weighted by molar-refractivity contribution is -0.127. The molecule has 1 aliphatic rings. The first kappa shape index (κ1) is 21.2. The number of carbonyl (C=O) groups excluding carboxylic acids is 1. The largest absolute Gasteiger partial charge is 0.493 e. The van der Waals surface area contributed by atoms with Crippen molar-refractivity contribution in [1.29, 1.82) is 0 Å². The molecular weight excluding hydrogens is 386 g/mol. The molecule has 2 aromatic carbocycles. The second-order valence-corrected chi connectivity index (χ2v) is 8.35. The molecule has 2 heterocycles. The minimum absolute atomic E-state index is 0.131. The van der Waals surface area contributed by atoms with Crippen LogP contribution >= 0.6 is 0 Å². The first-order valence-electron chi connectivity index (χ1n) is 11.1. The molecule has 0 bridgehead atoms. The molecule has 1 atom stereocenters. The van der Waals surface area contributed by atoms with E-state index in [0.29, 0.717) is 26.1 Å². The molecule has 1 saturated heterocycles. The second-order valence-electron chi connectivity index (χ2n) is 8.35. The summed E-state index contributed by atoms with van der Waals surface area (Å²) in [5, 5.41) is 0. The summed E-state index contributed by atoms with van der Waals surface area (Å²) in [5.41, 5.74) is 4.60. The zero-order valence-corrected chi connectivity index (χ0v) is 18.5. The van der Waals surface area contributed by atoms with Gasteiger partial charge in [0.1, 0.15) is 11.6 Å². The summed E-state index contributed by atoms with van der Waals surface area (Å²) >= 11 is 0. The van der Waals surface area contributed by atoms with Gasteiger partial charge in [-0.1, -0.05) is 30.3 Å². The first-order chi connectivity index (χ1) is 15.1. The van der Waals surface area contributed by atoms with Gasteiger partial charge >= 0.3 is 0 Å². The number of rotatable bonds is 9. The Morgan fingerprint density at radius 1 is 1.16 bits per heavy atom. The fourth-order valence-electron chi connectivity index (χ4n) is 4.35. The smallest absolute Gasteiger partial charge is 0.223 e. The molecule has 0 saturated carbocycles. The zero-order valence-electron chi connectivity index (χ0n) is 18.5. The third-order valence-electron chi connectivity index (χ3n) is 6.20. The van der Waals surface area contributed by atoms with Crippen LogP contribution in [0.15, 0.2) is 55.1 Å². The molecule has 1 aliphatic heterocycles. The molecule has 0 aliphatic carbocycles. The van der Waals surface area contributed by atoms with Gasteiger partial charge in [-0.2, -0.15) is 0 Å². The van der Waals surface area contributed by atoms with Gasteiger partial charge in [-0.05, 0) is 56.0 Å². The number of fused-ring (bicyclic) bond motifs is 1. The average Bonchev–Trinajstić information content (AvgIpc) is 3.31. The van der Waals surface area contributed by atoms with E-state index in [1.807, 2.05) is 23.1 Å². The average molecular weight is 418 g/mol. The molecule has 0 spiro atoms. The number of amides is 1. The third kappa shape index (κ3) is 4.50. The molecule has 4 rings (SSSR count).